The Bertz CT molecular complexity index is 533. The van der Waals surface area contributed by atoms with Gasteiger partial charge in [0.05, 0.1) is 10.4 Å². The molecule has 0 saturated carbocycles. The number of aliphatic imine (C=N–C) groups is 1. The molecule has 23 heavy (non-hydrogen) atoms. The fourth-order valence-electron chi connectivity index (χ4n) is 2.64. The van der Waals surface area contributed by atoms with Gasteiger partial charge in [0.25, 0.3) is 0 Å². The fourth-order valence-corrected chi connectivity index (χ4v) is 3.42. The Labute approximate surface area is 142 Å². The molecule has 1 aromatic rings. The summed E-state index contributed by atoms with van der Waals surface area (Å²) in [6, 6.07) is 4.26. The van der Waals surface area contributed by atoms with Crippen LogP contribution in [0.25, 0.3) is 0 Å². The fraction of sp³-hybridized carbons (Fsp3) is 0.625. The first-order chi connectivity index (χ1) is 11.0. The minimum atomic E-state index is -0.469. The van der Waals surface area contributed by atoms with E-state index in [0.717, 1.165) is 32.1 Å². The highest BCUT2D eigenvalue weighted by atomic mass is 32.1. The molecule has 0 unspecified atom stereocenters. The number of piperazine rings is 1. The quantitative estimate of drug-likeness (QED) is 0.641. The van der Waals surface area contributed by atoms with Crippen LogP contribution in [0.4, 0.5) is 5.00 Å². The maximum Gasteiger partial charge on any atom is 0.227 e. The van der Waals surface area contributed by atoms with Gasteiger partial charge in [-0.3, -0.25) is 9.79 Å². The molecule has 6 nitrogen and oxygen atoms in total. The van der Waals surface area contributed by atoms with Crippen molar-refractivity contribution in [2.24, 2.45) is 10.4 Å². The Hall–Kier alpha value is -1.76. The van der Waals surface area contributed by atoms with Crippen molar-refractivity contribution in [3.8, 4) is 0 Å². The molecule has 1 aromatic heterocycles. The second-order valence-corrected chi connectivity index (χ2v) is 7.22. The average Bonchev–Trinajstić information content (AvgIpc) is 3.09. The largest absolute Gasteiger partial charge is 0.360 e. The third kappa shape index (κ3) is 4.37. The van der Waals surface area contributed by atoms with Gasteiger partial charge in [-0.15, -0.1) is 11.3 Å². The summed E-state index contributed by atoms with van der Waals surface area (Å²) in [6.07, 6.45) is 0. The lowest BCUT2D eigenvalue weighted by atomic mass is 9.92. The monoisotopic (exact) mass is 337 g/mol. The molecule has 0 aromatic carbocycles. The van der Waals surface area contributed by atoms with E-state index in [2.05, 4.69) is 42.9 Å². The molecule has 2 heterocycles. The molecule has 0 radical (unpaired) electrons. The van der Waals surface area contributed by atoms with E-state index >= 15 is 0 Å². The van der Waals surface area contributed by atoms with Crippen molar-refractivity contribution in [1.29, 1.82) is 0 Å². The SMILES string of the molecule is CN=C(NCC(C)(C)C(=O)NC)N1CCN(c2cccs2)CC1. The zero-order valence-electron chi connectivity index (χ0n) is 14.4. The highest BCUT2D eigenvalue weighted by molar-refractivity contribution is 7.14. The van der Waals surface area contributed by atoms with Crippen LogP contribution in [0.1, 0.15) is 13.8 Å². The summed E-state index contributed by atoms with van der Waals surface area (Å²) < 4.78 is 0. The van der Waals surface area contributed by atoms with Crippen LogP contribution in [0, 0.1) is 5.41 Å². The highest BCUT2D eigenvalue weighted by Gasteiger charge is 2.28. The van der Waals surface area contributed by atoms with Gasteiger partial charge in [0.15, 0.2) is 5.96 Å². The molecule has 0 bridgehead atoms. The first-order valence-electron chi connectivity index (χ1n) is 7.94. The second-order valence-electron chi connectivity index (χ2n) is 6.29. The molecular weight excluding hydrogens is 310 g/mol. The van der Waals surface area contributed by atoms with Gasteiger partial charge < -0.3 is 20.4 Å². The van der Waals surface area contributed by atoms with Crippen molar-refractivity contribution in [2.45, 2.75) is 13.8 Å². The van der Waals surface area contributed by atoms with E-state index in [1.54, 1.807) is 25.4 Å². The lowest BCUT2D eigenvalue weighted by molar-refractivity contribution is -0.128. The number of nitrogens with one attached hydrogen (secondary N) is 2. The topological polar surface area (TPSA) is 60.0 Å². The van der Waals surface area contributed by atoms with Gasteiger partial charge in [-0.05, 0) is 31.4 Å². The third-order valence-electron chi connectivity index (χ3n) is 4.14. The van der Waals surface area contributed by atoms with Gasteiger partial charge >= 0.3 is 0 Å². The third-order valence-corrected chi connectivity index (χ3v) is 5.07. The van der Waals surface area contributed by atoms with E-state index in [9.17, 15) is 4.79 Å². The summed E-state index contributed by atoms with van der Waals surface area (Å²) in [6.45, 7) is 8.25. The number of carbonyl (C=O) groups is 1. The van der Waals surface area contributed by atoms with Crippen molar-refractivity contribution in [2.75, 3.05) is 51.7 Å². The maximum atomic E-state index is 11.9. The van der Waals surface area contributed by atoms with E-state index in [-0.39, 0.29) is 5.91 Å². The molecule has 2 rings (SSSR count). The highest BCUT2D eigenvalue weighted by Crippen LogP contribution is 2.22. The number of carbonyl (C=O) groups excluding carboxylic acids is 1. The maximum absolute atomic E-state index is 11.9. The number of nitrogens with zero attached hydrogens (tertiary/aromatic N) is 3. The van der Waals surface area contributed by atoms with Crippen molar-refractivity contribution < 1.29 is 4.79 Å². The first kappa shape index (κ1) is 17.6. The summed E-state index contributed by atoms with van der Waals surface area (Å²) in [5.74, 6) is 0.899. The van der Waals surface area contributed by atoms with E-state index in [1.807, 2.05) is 13.8 Å². The predicted molar refractivity (Wildman–Crippen MR) is 97.3 cm³/mol. The van der Waals surface area contributed by atoms with Crippen molar-refractivity contribution in [3.63, 3.8) is 0 Å². The number of amides is 1. The second kappa shape index (κ2) is 7.68. The number of hydrogen-bond acceptors (Lipinski definition) is 4. The van der Waals surface area contributed by atoms with Crippen LogP contribution >= 0.6 is 11.3 Å². The van der Waals surface area contributed by atoms with E-state index < -0.39 is 5.41 Å². The van der Waals surface area contributed by atoms with E-state index in [0.29, 0.717) is 6.54 Å². The van der Waals surface area contributed by atoms with E-state index in [4.69, 9.17) is 0 Å². The van der Waals surface area contributed by atoms with Gasteiger partial charge in [-0.1, -0.05) is 0 Å². The first-order valence-corrected chi connectivity index (χ1v) is 8.82. The van der Waals surface area contributed by atoms with Crippen LogP contribution < -0.4 is 15.5 Å². The van der Waals surface area contributed by atoms with Crippen molar-refractivity contribution in [1.82, 2.24) is 15.5 Å². The molecule has 0 aliphatic carbocycles. The normalized spacial score (nSPS) is 16.4. The van der Waals surface area contributed by atoms with Crippen LogP contribution in [-0.4, -0.2) is 63.6 Å². The molecule has 7 heteroatoms. The Morgan fingerprint density at radius 1 is 1.35 bits per heavy atom. The van der Waals surface area contributed by atoms with Gasteiger partial charge in [0, 0.05) is 46.8 Å². The van der Waals surface area contributed by atoms with Crippen LogP contribution in [0.5, 0.6) is 0 Å². The molecule has 1 saturated heterocycles. The van der Waals surface area contributed by atoms with E-state index in [1.165, 1.54) is 5.00 Å². The molecule has 1 aliphatic heterocycles. The zero-order chi connectivity index (χ0) is 16.9. The van der Waals surface area contributed by atoms with Gasteiger partial charge in [-0.25, -0.2) is 0 Å². The molecule has 0 atom stereocenters. The molecule has 1 aliphatic rings. The van der Waals surface area contributed by atoms with Crippen LogP contribution in [0.3, 0.4) is 0 Å². The van der Waals surface area contributed by atoms with Crippen LogP contribution in [-0.2, 0) is 4.79 Å². The molecule has 2 N–H and O–H groups in total. The smallest absolute Gasteiger partial charge is 0.227 e. The Morgan fingerprint density at radius 3 is 2.57 bits per heavy atom. The Kier molecular flexibility index (Phi) is 5.87. The summed E-state index contributed by atoms with van der Waals surface area (Å²) in [5.41, 5.74) is -0.469. The summed E-state index contributed by atoms with van der Waals surface area (Å²) in [4.78, 5) is 20.9. The van der Waals surface area contributed by atoms with Gasteiger partial charge in [0.1, 0.15) is 0 Å². The number of thiophene rings is 1. The van der Waals surface area contributed by atoms with Gasteiger partial charge in [-0.2, -0.15) is 0 Å². The minimum Gasteiger partial charge on any atom is -0.360 e. The number of anilines is 1. The molecular formula is C16H27N5OS. The standard InChI is InChI=1S/C16H27N5OS/c1-16(2,14(22)17-3)12-19-15(18-4)21-9-7-20(8-10-21)13-6-5-11-23-13/h5-6,11H,7-10,12H2,1-4H3,(H,17,22)(H,18,19). The van der Waals surface area contributed by atoms with Crippen molar-refractivity contribution in [3.05, 3.63) is 17.5 Å². The average molecular weight is 337 g/mol. The minimum absolute atomic E-state index is 0.0305. The number of hydrogen-bond donors (Lipinski definition) is 2. The number of rotatable bonds is 4. The Balaban J connectivity index is 1.87. The number of guanidine groups is 1. The van der Waals surface area contributed by atoms with Crippen molar-refractivity contribution >= 4 is 28.2 Å². The molecule has 1 amide bonds. The summed E-state index contributed by atoms with van der Waals surface area (Å²) in [7, 11) is 3.46. The summed E-state index contributed by atoms with van der Waals surface area (Å²) >= 11 is 1.78. The zero-order valence-corrected chi connectivity index (χ0v) is 15.2. The van der Waals surface area contributed by atoms with Crippen LogP contribution in [0.15, 0.2) is 22.5 Å². The Morgan fingerprint density at radius 2 is 2.04 bits per heavy atom. The summed E-state index contributed by atoms with van der Waals surface area (Å²) in [5, 5.41) is 9.49. The molecule has 1 fully saturated rings. The van der Waals surface area contributed by atoms with Gasteiger partial charge in [0.2, 0.25) is 5.91 Å². The lowest BCUT2D eigenvalue weighted by Gasteiger charge is -2.37. The molecule has 0 spiro atoms. The lowest BCUT2D eigenvalue weighted by Crippen LogP contribution is -2.54. The van der Waals surface area contributed by atoms with Crippen LogP contribution in [0.2, 0.25) is 0 Å². The predicted octanol–water partition coefficient (Wildman–Crippen LogP) is 1.22. The molecule has 128 valence electrons.